The molecule has 0 atom stereocenters. The molecular formula is C19H18INOS2. The molecule has 0 amide bonds. The number of nitrogens with two attached hydrogens (primary N) is 1. The van der Waals surface area contributed by atoms with Crippen molar-refractivity contribution in [2.24, 2.45) is 0 Å². The predicted octanol–water partition coefficient (Wildman–Crippen LogP) is 6.18. The van der Waals surface area contributed by atoms with Gasteiger partial charge in [-0.05, 0) is 61.8 Å². The van der Waals surface area contributed by atoms with Gasteiger partial charge in [-0.2, -0.15) is 0 Å². The lowest BCUT2D eigenvalue weighted by atomic mass is 10.1. The van der Waals surface area contributed by atoms with E-state index in [0.717, 1.165) is 28.5 Å². The molecule has 0 spiro atoms. The third-order valence-corrected chi connectivity index (χ3v) is 6.44. The van der Waals surface area contributed by atoms with Crippen molar-refractivity contribution in [1.82, 2.24) is 0 Å². The van der Waals surface area contributed by atoms with Gasteiger partial charge in [0.2, 0.25) is 0 Å². The summed E-state index contributed by atoms with van der Waals surface area (Å²) in [4.78, 5) is 1.28. The van der Waals surface area contributed by atoms with E-state index in [4.69, 9.17) is 10.5 Å². The highest BCUT2D eigenvalue weighted by Crippen LogP contribution is 2.32. The van der Waals surface area contributed by atoms with Gasteiger partial charge in [0.05, 0.1) is 6.61 Å². The Morgan fingerprint density at radius 2 is 1.83 bits per heavy atom. The van der Waals surface area contributed by atoms with Gasteiger partial charge in [-0.15, -0.1) is 11.8 Å². The van der Waals surface area contributed by atoms with E-state index in [0.29, 0.717) is 6.61 Å². The van der Waals surface area contributed by atoms with Crippen LogP contribution in [-0.2, 0) is 5.75 Å². The maximum Gasteiger partial charge on any atom is 0.119 e. The molecule has 0 heterocycles. The molecule has 3 rings (SSSR count). The second-order valence-electron chi connectivity index (χ2n) is 5.29. The summed E-state index contributed by atoms with van der Waals surface area (Å²) in [7, 11) is 1.75. The highest BCUT2D eigenvalue weighted by molar-refractivity contribution is 14.2. The van der Waals surface area contributed by atoms with Crippen LogP contribution in [0.1, 0.15) is 5.56 Å². The molecule has 3 aromatic carbocycles. The average molecular weight is 467 g/mol. The molecule has 5 heteroatoms. The first-order valence-electron chi connectivity index (χ1n) is 7.63. The Morgan fingerprint density at radius 3 is 2.71 bits per heavy atom. The molecule has 124 valence electrons. The van der Waals surface area contributed by atoms with Gasteiger partial charge in [0, 0.05) is 22.1 Å². The Morgan fingerprint density at radius 1 is 1.00 bits per heavy atom. The van der Waals surface area contributed by atoms with E-state index >= 15 is 0 Å². The Bertz CT molecular complexity index is 820. The van der Waals surface area contributed by atoms with Crippen LogP contribution < -0.4 is 10.5 Å². The van der Waals surface area contributed by atoms with E-state index in [9.17, 15) is 0 Å². The predicted molar refractivity (Wildman–Crippen MR) is 116 cm³/mol. The number of thioether (sulfide) groups is 1. The van der Waals surface area contributed by atoms with E-state index < -0.39 is 0 Å². The van der Waals surface area contributed by atoms with E-state index in [1.54, 1.807) is 8.93 Å². The van der Waals surface area contributed by atoms with Crippen molar-refractivity contribution >= 4 is 58.4 Å². The summed E-state index contributed by atoms with van der Waals surface area (Å²) in [6, 6.07) is 20.8. The van der Waals surface area contributed by atoms with Crippen molar-refractivity contribution in [3.05, 3.63) is 66.2 Å². The summed E-state index contributed by atoms with van der Waals surface area (Å²) in [6.07, 6.45) is 0. The lowest BCUT2D eigenvalue weighted by Crippen LogP contribution is -2.00. The maximum atomic E-state index is 6.15. The third-order valence-electron chi connectivity index (χ3n) is 3.68. The molecule has 0 fully saturated rings. The van der Waals surface area contributed by atoms with Gasteiger partial charge >= 0.3 is 0 Å². The maximum absolute atomic E-state index is 6.15. The van der Waals surface area contributed by atoms with Crippen LogP contribution in [0.3, 0.4) is 0 Å². The highest BCUT2D eigenvalue weighted by atomic mass is 127. The average Bonchev–Trinajstić information content (AvgIpc) is 2.62. The molecule has 0 bridgehead atoms. The van der Waals surface area contributed by atoms with E-state index in [1.165, 1.54) is 15.7 Å². The third kappa shape index (κ3) is 4.52. The Kier molecular flexibility index (Phi) is 6.57. The number of anilines is 1. The quantitative estimate of drug-likeness (QED) is 0.195. The fourth-order valence-electron chi connectivity index (χ4n) is 2.46. The number of nitrogen functional groups attached to an aromatic ring is 1. The minimum absolute atomic E-state index is 0.716. The SMILES string of the molecule is Nc1ccc(OCCSI)cc1CSc1cccc2ccccc12. The van der Waals surface area contributed by atoms with Crippen LogP contribution in [0.25, 0.3) is 10.8 Å². The topological polar surface area (TPSA) is 35.2 Å². The number of hydrogen-bond donors (Lipinski definition) is 1. The number of fused-ring (bicyclic) bond motifs is 1. The van der Waals surface area contributed by atoms with E-state index in [1.807, 2.05) is 23.9 Å². The summed E-state index contributed by atoms with van der Waals surface area (Å²) in [5.74, 6) is 2.70. The van der Waals surface area contributed by atoms with Crippen molar-refractivity contribution in [2.75, 3.05) is 18.1 Å². The van der Waals surface area contributed by atoms with Gasteiger partial charge in [0.15, 0.2) is 0 Å². The van der Waals surface area contributed by atoms with E-state index in [2.05, 4.69) is 69.7 Å². The number of halogens is 1. The molecular weight excluding hydrogens is 449 g/mol. The summed E-state index contributed by atoms with van der Waals surface area (Å²) in [5.41, 5.74) is 8.08. The van der Waals surface area contributed by atoms with Gasteiger partial charge in [-0.1, -0.05) is 45.3 Å². The largest absolute Gasteiger partial charge is 0.493 e. The zero-order valence-corrected chi connectivity index (χ0v) is 16.9. The Labute approximate surface area is 163 Å². The number of benzene rings is 3. The van der Waals surface area contributed by atoms with Gasteiger partial charge in [-0.25, -0.2) is 0 Å². The molecule has 0 aliphatic heterocycles. The van der Waals surface area contributed by atoms with Crippen LogP contribution >= 0.6 is 41.9 Å². The second kappa shape index (κ2) is 8.87. The molecule has 2 N–H and O–H groups in total. The van der Waals surface area contributed by atoms with Crippen LogP contribution in [0.2, 0.25) is 0 Å². The van der Waals surface area contributed by atoms with Crippen molar-refractivity contribution in [2.45, 2.75) is 10.6 Å². The number of ether oxygens (including phenoxy) is 1. The summed E-state index contributed by atoms with van der Waals surface area (Å²) >= 11 is 4.10. The van der Waals surface area contributed by atoms with Gasteiger partial charge in [-0.3, -0.25) is 0 Å². The van der Waals surface area contributed by atoms with Crippen LogP contribution in [-0.4, -0.2) is 12.4 Å². The Hall–Kier alpha value is -1.05. The molecule has 24 heavy (non-hydrogen) atoms. The number of rotatable bonds is 7. The standard InChI is InChI=1S/C19H18INOS2/c20-24-11-10-22-16-8-9-18(21)15(12-16)13-23-19-7-3-5-14-4-1-2-6-17(14)19/h1-9,12H,10-11,13,21H2. The number of hydrogen-bond acceptors (Lipinski definition) is 4. The fraction of sp³-hybridized carbons (Fsp3) is 0.158. The summed E-state index contributed by atoms with van der Waals surface area (Å²) in [6.45, 7) is 0.716. The molecule has 0 radical (unpaired) electrons. The molecule has 0 saturated carbocycles. The fourth-order valence-corrected chi connectivity index (χ4v) is 4.23. The molecule has 0 aliphatic carbocycles. The van der Waals surface area contributed by atoms with Crippen LogP contribution in [0.4, 0.5) is 5.69 Å². The first-order valence-corrected chi connectivity index (χ1v) is 12.1. The Balaban J connectivity index is 1.74. The summed E-state index contributed by atoms with van der Waals surface area (Å²) < 4.78 is 5.77. The monoisotopic (exact) mass is 467 g/mol. The molecule has 0 saturated heterocycles. The molecule has 0 aliphatic rings. The molecule has 3 aromatic rings. The molecule has 0 unspecified atom stereocenters. The van der Waals surface area contributed by atoms with Gasteiger partial charge in [0.1, 0.15) is 5.75 Å². The minimum Gasteiger partial charge on any atom is -0.493 e. The lowest BCUT2D eigenvalue weighted by molar-refractivity contribution is 0.344. The van der Waals surface area contributed by atoms with Crippen molar-refractivity contribution in [3.63, 3.8) is 0 Å². The first-order chi connectivity index (χ1) is 11.8. The zero-order valence-electron chi connectivity index (χ0n) is 13.1. The lowest BCUT2D eigenvalue weighted by Gasteiger charge is -2.11. The normalized spacial score (nSPS) is 10.9. The molecule has 2 nitrogen and oxygen atoms in total. The smallest absolute Gasteiger partial charge is 0.119 e. The van der Waals surface area contributed by atoms with Crippen LogP contribution in [0.15, 0.2) is 65.6 Å². The first kappa shape index (κ1) is 17.8. The van der Waals surface area contributed by atoms with Crippen molar-refractivity contribution in [1.29, 1.82) is 0 Å². The highest BCUT2D eigenvalue weighted by Gasteiger charge is 2.06. The van der Waals surface area contributed by atoms with Gasteiger partial charge < -0.3 is 10.5 Å². The van der Waals surface area contributed by atoms with Gasteiger partial charge in [0.25, 0.3) is 0 Å². The minimum atomic E-state index is 0.716. The van der Waals surface area contributed by atoms with Crippen LogP contribution in [0.5, 0.6) is 5.75 Å². The van der Waals surface area contributed by atoms with Crippen LogP contribution in [0, 0.1) is 0 Å². The molecule has 0 aromatic heterocycles. The second-order valence-corrected chi connectivity index (χ2v) is 8.80. The van der Waals surface area contributed by atoms with E-state index in [-0.39, 0.29) is 0 Å². The van der Waals surface area contributed by atoms with Crippen molar-refractivity contribution < 1.29 is 4.74 Å². The van der Waals surface area contributed by atoms with Crippen molar-refractivity contribution in [3.8, 4) is 5.75 Å². The summed E-state index contributed by atoms with van der Waals surface area (Å²) in [5, 5.41) is 2.55. The zero-order chi connectivity index (χ0) is 16.8.